The van der Waals surface area contributed by atoms with Gasteiger partial charge < -0.3 is 19.5 Å². The SMILES string of the molecule is C[C@H]1OC(C)(C)OC[C@H]1NC(=O)OC(C)(C)C. The maximum absolute atomic E-state index is 11.6. The summed E-state index contributed by atoms with van der Waals surface area (Å²) in [4.78, 5) is 11.6. The molecule has 1 N–H and O–H groups in total. The van der Waals surface area contributed by atoms with Gasteiger partial charge in [-0.25, -0.2) is 4.79 Å². The molecule has 2 atom stereocenters. The van der Waals surface area contributed by atoms with Crippen LogP contribution >= 0.6 is 0 Å². The van der Waals surface area contributed by atoms with Crippen LogP contribution in [0, 0.1) is 0 Å². The van der Waals surface area contributed by atoms with Crippen LogP contribution in [0.1, 0.15) is 41.5 Å². The maximum atomic E-state index is 11.6. The Hall–Kier alpha value is -0.810. The minimum Gasteiger partial charge on any atom is -0.444 e. The Bertz CT molecular complexity index is 283. The Labute approximate surface area is 103 Å². The Morgan fingerprint density at radius 2 is 2.00 bits per heavy atom. The summed E-state index contributed by atoms with van der Waals surface area (Å²) in [7, 11) is 0. The fourth-order valence-corrected chi connectivity index (χ4v) is 1.61. The van der Waals surface area contributed by atoms with E-state index in [0.717, 1.165) is 0 Å². The molecule has 0 aliphatic carbocycles. The van der Waals surface area contributed by atoms with Crippen LogP contribution in [0.3, 0.4) is 0 Å². The Balaban J connectivity index is 2.45. The van der Waals surface area contributed by atoms with Crippen LogP contribution in [0.15, 0.2) is 0 Å². The molecule has 17 heavy (non-hydrogen) atoms. The first-order chi connectivity index (χ1) is 7.59. The van der Waals surface area contributed by atoms with Crippen LogP contribution < -0.4 is 5.32 Å². The lowest BCUT2D eigenvalue weighted by atomic mass is 10.1. The second-order valence-electron chi connectivity index (χ2n) is 5.79. The third-order valence-electron chi connectivity index (χ3n) is 2.35. The smallest absolute Gasteiger partial charge is 0.408 e. The molecule has 0 aromatic heterocycles. The number of carbonyl (C=O) groups is 1. The van der Waals surface area contributed by atoms with Crippen molar-refractivity contribution >= 4 is 6.09 Å². The average Bonchev–Trinajstić information content (AvgIpc) is 2.06. The molecule has 0 saturated carbocycles. The van der Waals surface area contributed by atoms with Gasteiger partial charge in [0, 0.05) is 0 Å². The van der Waals surface area contributed by atoms with Crippen LogP contribution in [0.2, 0.25) is 0 Å². The fourth-order valence-electron chi connectivity index (χ4n) is 1.61. The number of hydrogen-bond donors (Lipinski definition) is 1. The number of hydrogen-bond acceptors (Lipinski definition) is 4. The van der Waals surface area contributed by atoms with Gasteiger partial charge in [0.25, 0.3) is 0 Å². The molecule has 100 valence electrons. The zero-order valence-corrected chi connectivity index (χ0v) is 11.5. The van der Waals surface area contributed by atoms with Crippen LogP contribution in [-0.2, 0) is 14.2 Å². The molecule has 5 heteroatoms. The van der Waals surface area contributed by atoms with Crippen LogP contribution in [-0.4, -0.2) is 36.2 Å². The lowest BCUT2D eigenvalue weighted by Crippen LogP contribution is -2.55. The second-order valence-corrected chi connectivity index (χ2v) is 5.79. The van der Waals surface area contributed by atoms with Gasteiger partial charge in [-0.1, -0.05) is 0 Å². The molecule has 1 fully saturated rings. The summed E-state index contributed by atoms with van der Waals surface area (Å²) in [6, 6.07) is -0.183. The summed E-state index contributed by atoms with van der Waals surface area (Å²) in [6.45, 7) is 11.5. The molecule has 0 aromatic carbocycles. The normalized spacial score (nSPS) is 28.6. The highest BCUT2D eigenvalue weighted by molar-refractivity contribution is 5.68. The zero-order valence-electron chi connectivity index (χ0n) is 11.5. The van der Waals surface area contributed by atoms with Crippen molar-refractivity contribution in [3.63, 3.8) is 0 Å². The van der Waals surface area contributed by atoms with Gasteiger partial charge in [-0.05, 0) is 41.5 Å². The summed E-state index contributed by atoms with van der Waals surface area (Å²) in [5.74, 6) is -0.592. The molecule has 1 aliphatic rings. The molecule has 1 saturated heterocycles. The summed E-state index contributed by atoms with van der Waals surface area (Å²) in [5, 5.41) is 2.75. The second kappa shape index (κ2) is 4.82. The molecule has 0 bridgehead atoms. The quantitative estimate of drug-likeness (QED) is 0.768. The lowest BCUT2D eigenvalue weighted by Gasteiger charge is -2.39. The van der Waals surface area contributed by atoms with E-state index in [-0.39, 0.29) is 12.1 Å². The highest BCUT2D eigenvalue weighted by Crippen LogP contribution is 2.22. The minimum atomic E-state index is -0.592. The van der Waals surface area contributed by atoms with Gasteiger partial charge in [0.05, 0.1) is 18.8 Å². The van der Waals surface area contributed by atoms with Gasteiger partial charge in [0.2, 0.25) is 0 Å². The highest BCUT2D eigenvalue weighted by Gasteiger charge is 2.35. The van der Waals surface area contributed by atoms with Crippen molar-refractivity contribution in [2.24, 2.45) is 0 Å². The summed E-state index contributed by atoms with van der Waals surface area (Å²) in [6.07, 6.45) is -0.549. The number of alkyl carbamates (subject to hydrolysis) is 1. The standard InChI is InChI=1S/C12H23NO4/c1-8-9(7-15-12(5,6)16-8)13-10(14)17-11(2,3)4/h8-9H,7H2,1-6H3,(H,13,14)/t8-,9-/m1/s1. The molecule has 1 aliphatic heterocycles. The zero-order chi connectivity index (χ0) is 13.3. The van der Waals surface area contributed by atoms with Crippen molar-refractivity contribution in [3.8, 4) is 0 Å². The maximum Gasteiger partial charge on any atom is 0.408 e. The van der Waals surface area contributed by atoms with E-state index in [0.29, 0.717) is 6.61 Å². The number of nitrogens with one attached hydrogen (secondary N) is 1. The first-order valence-corrected chi connectivity index (χ1v) is 5.90. The number of rotatable bonds is 1. The molecule has 1 rings (SSSR count). The molecule has 0 aromatic rings. The summed E-state index contributed by atoms with van der Waals surface area (Å²) < 4.78 is 16.3. The van der Waals surface area contributed by atoms with Gasteiger partial charge >= 0.3 is 6.09 Å². The third kappa shape index (κ3) is 4.91. The van der Waals surface area contributed by atoms with E-state index in [2.05, 4.69) is 5.32 Å². The summed E-state index contributed by atoms with van der Waals surface area (Å²) in [5.41, 5.74) is -0.497. The third-order valence-corrected chi connectivity index (χ3v) is 2.35. The topological polar surface area (TPSA) is 56.8 Å². The van der Waals surface area contributed by atoms with Crippen molar-refractivity contribution in [2.75, 3.05) is 6.61 Å². The predicted molar refractivity (Wildman–Crippen MR) is 63.7 cm³/mol. The molecule has 5 nitrogen and oxygen atoms in total. The van der Waals surface area contributed by atoms with E-state index in [1.807, 2.05) is 41.5 Å². The largest absolute Gasteiger partial charge is 0.444 e. The Morgan fingerprint density at radius 3 is 2.47 bits per heavy atom. The number of carbonyl (C=O) groups excluding carboxylic acids is 1. The van der Waals surface area contributed by atoms with Crippen LogP contribution in [0.5, 0.6) is 0 Å². The van der Waals surface area contributed by atoms with Crippen LogP contribution in [0.25, 0.3) is 0 Å². The van der Waals surface area contributed by atoms with E-state index >= 15 is 0 Å². The summed E-state index contributed by atoms with van der Waals surface area (Å²) >= 11 is 0. The molecule has 1 heterocycles. The van der Waals surface area contributed by atoms with Crippen molar-refractivity contribution < 1.29 is 19.0 Å². The van der Waals surface area contributed by atoms with E-state index < -0.39 is 17.5 Å². The Morgan fingerprint density at radius 1 is 1.41 bits per heavy atom. The first kappa shape index (κ1) is 14.3. The van der Waals surface area contributed by atoms with Crippen molar-refractivity contribution in [2.45, 2.75) is 65.1 Å². The molecule has 1 amide bonds. The van der Waals surface area contributed by atoms with Gasteiger partial charge in [0.1, 0.15) is 5.60 Å². The monoisotopic (exact) mass is 245 g/mol. The predicted octanol–water partition coefficient (Wildman–Crippen LogP) is 2.05. The molecular weight excluding hydrogens is 222 g/mol. The van der Waals surface area contributed by atoms with E-state index in [1.165, 1.54) is 0 Å². The molecule has 0 unspecified atom stereocenters. The minimum absolute atomic E-state index is 0.105. The van der Waals surface area contributed by atoms with Crippen molar-refractivity contribution in [1.82, 2.24) is 5.32 Å². The van der Waals surface area contributed by atoms with Crippen molar-refractivity contribution in [1.29, 1.82) is 0 Å². The first-order valence-electron chi connectivity index (χ1n) is 5.90. The number of ether oxygens (including phenoxy) is 3. The van der Waals surface area contributed by atoms with Gasteiger partial charge in [0.15, 0.2) is 5.79 Å². The van der Waals surface area contributed by atoms with Gasteiger partial charge in [-0.3, -0.25) is 0 Å². The van der Waals surface area contributed by atoms with Gasteiger partial charge in [-0.15, -0.1) is 0 Å². The molecule has 0 radical (unpaired) electrons. The number of amides is 1. The van der Waals surface area contributed by atoms with Crippen molar-refractivity contribution in [3.05, 3.63) is 0 Å². The molecular formula is C12H23NO4. The van der Waals surface area contributed by atoms with Crippen LogP contribution in [0.4, 0.5) is 4.79 Å². The van der Waals surface area contributed by atoms with E-state index in [4.69, 9.17) is 14.2 Å². The average molecular weight is 245 g/mol. The fraction of sp³-hybridized carbons (Fsp3) is 0.917. The van der Waals surface area contributed by atoms with Gasteiger partial charge in [-0.2, -0.15) is 0 Å². The van der Waals surface area contributed by atoms with E-state index in [9.17, 15) is 4.79 Å². The lowest BCUT2D eigenvalue weighted by molar-refractivity contribution is -0.277. The molecule has 0 spiro atoms. The highest BCUT2D eigenvalue weighted by atomic mass is 16.7. The van der Waals surface area contributed by atoms with E-state index in [1.54, 1.807) is 0 Å². The Kier molecular flexibility index (Phi) is 4.04.